The van der Waals surface area contributed by atoms with Crippen LogP contribution in [-0.4, -0.2) is 9.78 Å². The van der Waals surface area contributed by atoms with Crippen LogP contribution in [0, 0.1) is 11.6 Å². The van der Waals surface area contributed by atoms with E-state index < -0.39 is 28.9 Å². The third-order valence-corrected chi connectivity index (χ3v) is 4.41. The topological polar surface area (TPSA) is 34.9 Å². The van der Waals surface area contributed by atoms with Gasteiger partial charge in [-0.2, -0.15) is 23.0 Å². The molecule has 0 fully saturated rings. The summed E-state index contributed by atoms with van der Waals surface area (Å²) in [5, 5.41) is 4.58. The van der Waals surface area contributed by atoms with Crippen LogP contribution in [-0.2, 0) is 6.18 Å². The van der Waals surface area contributed by atoms with Crippen molar-refractivity contribution < 1.29 is 22.0 Å². The summed E-state index contributed by atoms with van der Waals surface area (Å²) >= 11 is 0. The molecule has 0 bridgehead atoms. The van der Waals surface area contributed by atoms with Gasteiger partial charge in [0.05, 0.1) is 16.6 Å². The Hall–Kier alpha value is -3.55. The average Bonchev–Trinajstić information content (AvgIpc) is 2.69. The van der Waals surface area contributed by atoms with E-state index in [1.807, 2.05) is 0 Å². The molecule has 0 unspecified atom stereocenters. The van der Waals surface area contributed by atoms with Gasteiger partial charge in [0.2, 0.25) is 0 Å². The normalized spacial score (nSPS) is 11.8. The van der Waals surface area contributed by atoms with Crippen LogP contribution in [0.4, 0.5) is 22.0 Å². The number of hydrogen-bond donors (Lipinski definition) is 0. The lowest BCUT2D eigenvalue weighted by molar-refractivity contribution is -0.137. The van der Waals surface area contributed by atoms with Crippen molar-refractivity contribution >= 4 is 10.8 Å². The summed E-state index contributed by atoms with van der Waals surface area (Å²) in [4.78, 5) is 12.8. The highest BCUT2D eigenvalue weighted by Crippen LogP contribution is 2.33. The van der Waals surface area contributed by atoms with E-state index in [1.165, 1.54) is 18.2 Å². The van der Waals surface area contributed by atoms with Crippen molar-refractivity contribution in [2.75, 3.05) is 0 Å². The lowest BCUT2D eigenvalue weighted by Gasteiger charge is -2.13. The molecule has 1 heterocycles. The summed E-state index contributed by atoms with van der Waals surface area (Å²) in [6.07, 6.45) is -4.57. The predicted molar refractivity (Wildman–Crippen MR) is 97.7 cm³/mol. The Morgan fingerprint density at radius 2 is 1.55 bits per heavy atom. The van der Waals surface area contributed by atoms with E-state index in [0.717, 1.165) is 28.9 Å². The van der Waals surface area contributed by atoms with Crippen LogP contribution < -0.4 is 5.56 Å². The lowest BCUT2D eigenvalue weighted by atomic mass is 10.0. The van der Waals surface area contributed by atoms with Gasteiger partial charge < -0.3 is 0 Å². The van der Waals surface area contributed by atoms with Gasteiger partial charge in [0, 0.05) is 17.0 Å². The Kier molecular flexibility index (Phi) is 4.41. The van der Waals surface area contributed by atoms with Gasteiger partial charge in [0.25, 0.3) is 5.56 Å². The summed E-state index contributed by atoms with van der Waals surface area (Å²) in [5.41, 5.74) is -1.70. The molecule has 0 saturated carbocycles. The van der Waals surface area contributed by atoms with Gasteiger partial charge >= 0.3 is 6.18 Å². The van der Waals surface area contributed by atoms with Crippen LogP contribution >= 0.6 is 0 Å². The molecule has 0 aliphatic heterocycles. The third kappa shape index (κ3) is 3.37. The maximum atomic E-state index is 14.3. The van der Waals surface area contributed by atoms with Crippen molar-refractivity contribution in [1.82, 2.24) is 9.78 Å². The molecular formula is C21H11F5N2O. The number of fused-ring (bicyclic) bond motifs is 1. The number of aromatic nitrogens is 2. The SMILES string of the molecule is O=c1c2ccccc2c(-c2cccc(C(F)(F)F)c2)nn1-c1ccc(F)cc1F. The van der Waals surface area contributed by atoms with Crippen LogP contribution in [0.1, 0.15) is 5.56 Å². The zero-order chi connectivity index (χ0) is 20.8. The highest BCUT2D eigenvalue weighted by atomic mass is 19.4. The molecule has 1 aromatic heterocycles. The van der Waals surface area contributed by atoms with E-state index in [1.54, 1.807) is 18.2 Å². The molecule has 8 heteroatoms. The lowest BCUT2D eigenvalue weighted by Crippen LogP contribution is -2.23. The molecule has 4 rings (SSSR count). The molecule has 3 aromatic carbocycles. The fourth-order valence-electron chi connectivity index (χ4n) is 3.06. The van der Waals surface area contributed by atoms with Crippen LogP contribution in [0.25, 0.3) is 27.7 Å². The van der Waals surface area contributed by atoms with Crippen LogP contribution in [0.5, 0.6) is 0 Å². The first kappa shape index (κ1) is 18.8. The minimum atomic E-state index is -4.57. The van der Waals surface area contributed by atoms with Gasteiger partial charge in [-0.05, 0) is 30.3 Å². The molecule has 0 radical (unpaired) electrons. The number of rotatable bonds is 2. The zero-order valence-electron chi connectivity index (χ0n) is 14.5. The Morgan fingerprint density at radius 3 is 2.24 bits per heavy atom. The van der Waals surface area contributed by atoms with Crippen molar-refractivity contribution in [3.63, 3.8) is 0 Å². The standard InChI is InChI=1S/C21H11F5N2O/c22-14-8-9-18(17(23)11-14)28-20(29)16-7-2-1-6-15(16)19(27-28)12-4-3-5-13(10-12)21(24,25)26/h1-11H. The smallest absolute Gasteiger partial charge is 0.267 e. The second kappa shape index (κ2) is 6.80. The third-order valence-electron chi connectivity index (χ3n) is 4.41. The molecule has 0 aliphatic carbocycles. The molecule has 0 atom stereocenters. The second-order valence-electron chi connectivity index (χ2n) is 6.29. The first-order chi connectivity index (χ1) is 13.8. The van der Waals surface area contributed by atoms with Crippen molar-refractivity contribution in [3.05, 3.63) is 94.3 Å². The van der Waals surface area contributed by atoms with Crippen molar-refractivity contribution in [1.29, 1.82) is 0 Å². The maximum Gasteiger partial charge on any atom is 0.416 e. The molecule has 4 aromatic rings. The van der Waals surface area contributed by atoms with Gasteiger partial charge in [-0.15, -0.1) is 0 Å². The fraction of sp³-hybridized carbons (Fsp3) is 0.0476. The van der Waals surface area contributed by atoms with E-state index in [4.69, 9.17) is 0 Å². The Labute approximate surface area is 160 Å². The minimum absolute atomic E-state index is 0.0648. The number of hydrogen-bond acceptors (Lipinski definition) is 2. The predicted octanol–water partition coefficient (Wildman–Crippen LogP) is 5.35. The quantitative estimate of drug-likeness (QED) is 0.424. The Morgan fingerprint density at radius 1 is 0.828 bits per heavy atom. The van der Waals surface area contributed by atoms with Crippen molar-refractivity contribution in [2.45, 2.75) is 6.18 Å². The van der Waals surface area contributed by atoms with Crippen molar-refractivity contribution in [2.24, 2.45) is 0 Å². The zero-order valence-corrected chi connectivity index (χ0v) is 14.5. The summed E-state index contributed by atoms with van der Waals surface area (Å²) in [6.45, 7) is 0. The van der Waals surface area contributed by atoms with Gasteiger partial charge in [0.1, 0.15) is 11.5 Å². The van der Waals surface area contributed by atoms with E-state index in [0.29, 0.717) is 11.5 Å². The molecule has 0 N–H and O–H groups in total. The average molecular weight is 402 g/mol. The van der Waals surface area contributed by atoms with Crippen LogP contribution in [0.15, 0.2) is 71.5 Å². The second-order valence-corrected chi connectivity index (χ2v) is 6.29. The summed E-state index contributed by atoms with van der Waals surface area (Å²) < 4.78 is 67.7. The molecular weight excluding hydrogens is 391 g/mol. The first-order valence-corrected chi connectivity index (χ1v) is 8.41. The number of alkyl halides is 3. The van der Waals surface area contributed by atoms with Gasteiger partial charge in [-0.25, -0.2) is 8.78 Å². The van der Waals surface area contributed by atoms with E-state index in [9.17, 15) is 26.7 Å². The number of benzene rings is 3. The Balaban J connectivity index is 2.05. The van der Waals surface area contributed by atoms with Gasteiger partial charge in [0.15, 0.2) is 5.82 Å². The molecule has 0 aliphatic rings. The van der Waals surface area contributed by atoms with Gasteiger partial charge in [-0.1, -0.05) is 30.3 Å². The highest BCUT2D eigenvalue weighted by molar-refractivity contribution is 5.94. The highest BCUT2D eigenvalue weighted by Gasteiger charge is 2.30. The van der Waals surface area contributed by atoms with Crippen LogP contribution in [0.3, 0.4) is 0 Å². The molecule has 0 saturated heterocycles. The summed E-state index contributed by atoms with van der Waals surface area (Å²) in [6, 6.07) is 13.3. The first-order valence-electron chi connectivity index (χ1n) is 8.41. The molecule has 0 amide bonds. The summed E-state index contributed by atoms with van der Waals surface area (Å²) in [5.74, 6) is -1.86. The molecule has 0 spiro atoms. The van der Waals surface area contributed by atoms with Crippen molar-refractivity contribution in [3.8, 4) is 16.9 Å². The largest absolute Gasteiger partial charge is 0.416 e. The van der Waals surface area contributed by atoms with Crippen LogP contribution in [0.2, 0.25) is 0 Å². The van der Waals surface area contributed by atoms with E-state index >= 15 is 0 Å². The van der Waals surface area contributed by atoms with E-state index in [-0.39, 0.29) is 22.3 Å². The van der Waals surface area contributed by atoms with E-state index in [2.05, 4.69) is 5.10 Å². The maximum absolute atomic E-state index is 14.3. The molecule has 146 valence electrons. The number of halogens is 5. The molecule has 29 heavy (non-hydrogen) atoms. The minimum Gasteiger partial charge on any atom is -0.267 e. The number of nitrogens with zero attached hydrogens (tertiary/aromatic N) is 2. The van der Waals surface area contributed by atoms with Gasteiger partial charge in [-0.3, -0.25) is 4.79 Å². The fourth-order valence-corrected chi connectivity index (χ4v) is 3.06. The molecule has 3 nitrogen and oxygen atoms in total. The summed E-state index contributed by atoms with van der Waals surface area (Å²) in [7, 11) is 0. The Bertz CT molecular complexity index is 1290. The monoisotopic (exact) mass is 402 g/mol.